The van der Waals surface area contributed by atoms with Gasteiger partial charge in [0.2, 0.25) is 0 Å². The fourth-order valence-corrected chi connectivity index (χ4v) is 2.63. The molecule has 2 N–H and O–H groups in total. The van der Waals surface area contributed by atoms with Crippen molar-refractivity contribution in [3.63, 3.8) is 0 Å². The maximum Gasteiger partial charge on any atom is 0.306 e. The zero-order chi connectivity index (χ0) is 13.2. The number of carbonyl (C=O) groups is 1. The quantitative estimate of drug-likeness (QED) is 0.827. The van der Waals surface area contributed by atoms with E-state index in [2.05, 4.69) is 0 Å². The van der Waals surface area contributed by atoms with Gasteiger partial charge in [0.05, 0.1) is 20.1 Å². The molecule has 1 aromatic rings. The lowest BCUT2D eigenvalue weighted by Crippen LogP contribution is -2.48. The number of carbonyl (C=O) groups excluding carboxylic acids is 1. The lowest BCUT2D eigenvalue weighted by atomic mass is 9.69. The topological polar surface area (TPSA) is 61.5 Å². The first-order chi connectivity index (χ1) is 8.60. The monoisotopic (exact) mass is 249 g/mol. The van der Waals surface area contributed by atoms with Gasteiger partial charge in [-0.05, 0) is 19.4 Å². The van der Waals surface area contributed by atoms with Crippen LogP contribution in [-0.4, -0.2) is 25.7 Å². The Labute approximate surface area is 107 Å². The first-order valence-electron chi connectivity index (χ1n) is 6.15. The van der Waals surface area contributed by atoms with Crippen molar-refractivity contribution in [3.05, 3.63) is 29.8 Å². The fourth-order valence-electron chi connectivity index (χ4n) is 2.63. The van der Waals surface area contributed by atoms with Gasteiger partial charge in [-0.2, -0.15) is 0 Å². The summed E-state index contributed by atoms with van der Waals surface area (Å²) in [5.41, 5.74) is 6.78. The first kappa shape index (κ1) is 12.9. The molecule has 0 spiro atoms. The molecule has 2 unspecified atom stereocenters. The minimum atomic E-state index is -0.387. The van der Waals surface area contributed by atoms with Gasteiger partial charge in [-0.1, -0.05) is 18.2 Å². The number of esters is 1. The largest absolute Gasteiger partial charge is 0.493 e. The first-order valence-corrected chi connectivity index (χ1v) is 6.15. The highest BCUT2D eigenvalue weighted by Crippen LogP contribution is 2.43. The zero-order valence-corrected chi connectivity index (χ0v) is 10.8. The predicted octanol–water partition coefficient (Wildman–Crippen LogP) is 1.62. The molecule has 1 aliphatic rings. The number of para-hydroxylation sites is 1. The molecule has 1 heterocycles. The van der Waals surface area contributed by atoms with Crippen LogP contribution in [0.2, 0.25) is 0 Å². The smallest absolute Gasteiger partial charge is 0.306 e. The van der Waals surface area contributed by atoms with Gasteiger partial charge in [0.1, 0.15) is 5.75 Å². The van der Waals surface area contributed by atoms with Crippen molar-refractivity contribution in [1.29, 1.82) is 0 Å². The lowest BCUT2D eigenvalue weighted by molar-refractivity contribution is -0.142. The molecule has 0 saturated heterocycles. The Balaban J connectivity index is 2.46. The molecule has 98 valence electrons. The van der Waals surface area contributed by atoms with E-state index in [1.807, 2.05) is 31.2 Å². The molecule has 0 bridgehead atoms. The SMILES string of the molecule is COC(=O)CC1(C(C)N)CCOc2ccccc21. The summed E-state index contributed by atoms with van der Waals surface area (Å²) < 4.78 is 10.4. The summed E-state index contributed by atoms with van der Waals surface area (Å²) in [6.45, 7) is 2.51. The average Bonchev–Trinajstić information content (AvgIpc) is 2.38. The zero-order valence-electron chi connectivity index (χ0n) is 10.8. The molecule has 1 aliphatic heterocycles. The highest BCUT2D eigenvalue weighted by atomic mass is 16.5. The number of benzene rings is 1. The summed E-state index contributed by atoms with van der Waals surface area (Å²) in [7, 11) is 1.41. The van der Waals surface area contributed by atoms with Gasteiger partial charge in [0.25, 0.3) is 0 Å². The van der Waals surface area contributed by atoms with E-state index in [0.29, 0.717) is 13.0 Å². The van der Waals surface area contributed by atoms with Crippen LogP contribution >= 0.6 is 0 Å². The summed E-state index contributed by atoms with van der Waals surface area (Å²) in [6.07, 6.45) is 1.03. The summed E-state index contributed by atoms with van der Waals surface area (Å²) in [5, 5.41) is 0. The van der Waals surface area contributed by atoms with Gasteiger partial charge in [0.15, 0.2) is 0 Å². The van der Waals surface area contributed by atoms with Gasteiger partial charge in [-0.3, -0.25) is 4.79 Å². The normalized spacial score (nSPS) is 23.7. The van der Waals surface area contributed by atoms with E-state index in [4.69, 9.17) is 15.2 Å². The van der Waals surface area contributed by atoms with Crippen molar-refractivity contribution >= 4 is 5.97 Å². The minimum absolute atomic E-state index is 0.137. The molecule has 0 amide bonds. The Hall–Kier alpha value is -1.55. The summed E-state index contributed by atoms with van der Waals surface area (Å²) in [4.78, 5) is 11.7. The van der Waals surface area contributed by atoms with E-state index in [9.17, 15) is 4.79 Å². The van der Waals surface area contributed by atoms with Crippen molar-refractivity contribution in [2.45, 2.75) is 31.2 Å². The van der Waals surface area contributed by atoms with Crippen molar-refractivity contribution < 1.29 is 14.3 Å². The molecule has 0 fully saturated rings. The van der Waals surface area contributed by atoms with Gasteiger partial charge in [-0.25, -0.2) is 0 Å². The van der Waals surface area contributed by atoms with Crippen LogP contribution in [0.4, 0.5) is 0 Å². The van der Waals surface area contributed by atoms with Crippen LogP contribution in [0.1, 0.15) is 25.3 Å². The average molecular weight is 249 g/mol. The molecule has 18 heavy (non-hydrogen) atoms. The van der Waals surface area contributed by atoms with E-state index < -0.39 is 0 Å². The molecule has 4 nitrogen and oxygen atoms in total. The number of rotatable bonds is 3. The Bertz CT molecular complexity index is 444. The molecule has 0 radical (unpaired) electrons. The van der Waals surface area contributed by atoms with E-state index in [-0.39, 0.29) is 17.4 Å². The van der Waals surface area contributed by atoms with Crippen molar-refractivity contribution in [1.82, 2.24) is 0 Å². The van der Waals surface area contributed by atoms with Crippen LogP contribution in [0.25, 0.3) is 0 Å². The number of hydrogen-bond donors (Lipinski definition) is 1. The Kier molecular flexibility index (Phi) is 3.57. The van der Waals surface area contributed by atoms with Crippen molar-refractivity contribution in [3.8, 4) is 5.75 Å². The second-order valence-electron chi connectivity index (χ2n) is 4.79. The number of hydrogen-bond acceptors (Lipinski definition) is 4. The molecule has 4 heteroatoms. The molecule has 2 rings (SSSR count). The standard InChI is InChI=1S/C14H19NO3/c1-10(15)14(9-13(16)17-2)7-8-18-12-6-4-3-5-11(12)14/h3-6,10H,7-9,15H2,1-2H3. The molecule has 0 saturated carbocycles. The second kappa shape index (κ2) is 4.98. The van der Waals surface area contributed by atoms with Crippen LogP contribution in [-0.2, 0) is 14.9 Å². The Morgan fingerprint density at radius 3 is 2.94 bits per heavy atom. The summed E-state index contributed by atoms with van der Waals surface area (Å²) >= 11 is 0. The summed E-state index contributed by atoms with van der Waals surface area (Å²) in [6, 6.07) is 7.64. The van der Waals surface area contributed by atoms with Crippen LogP contribution in [0.5, 0.6) is 5.75 Å². The third-order valence-electron chi connectivity index (χ3n) is 3.79. The highest BCUT2D eigenvalue weighted by molar-refractivity contribution is 5.72. The van der Waals surface area contributed by atoms with E-state index in [1.54, 1.807) is 0 Å². The summed E-state index contributed by atoms with van der Waals surface area (Å²) in [5.74, 6) is 0.592. The Morgan fingerprint density at radius 2 is 2.28 bits per heavy atom. The van der Waals surface area contributed by atoms with E-state index >= 15 is 0 Å². The molecular formula is C14H19NO3. The molecule has 2 atom stereocenters. The highest BCUT2D eigenvalue weighted by Gasteiger charge is 2.42. The van der Waals surface area contributed by atoms with Crippen molar-refractivity contribution in [2.24, 2.45) is 5.73 Å². The van der Waals surface area contributed by atoms with Gasteiger partial charge >= 0.3 is 5.97 Å². The molecule has 1 aromatic carbocycles. The molecular weight excluding hydrogens is 230 g/mol. The number of ether oxygens (including phenoxy) is 2. The van der Waals surface area contributed by atoms with Crippen LogP contribution in [0.3, 0.4) is 0 Å². The number of methoxy groups -OCH3 is 1. The van der Waals surface area contributed by atoms with Crippen molar-refractivity contribution in [2.75, 3.05) is 13.7 Å². The minimum Gasteiger partial charge on any atom is -0.493 e. The van der Waals surface area contributed by atoms with Crippen LogP contribution in [0.15, 0.2) is 24.3 Å². The van der Waals surface area contributed by atoms with Gasteiger partial charge < -0.3 is 15.2 Å². The van der Waals surface area contributed by atoms with Crippen LogP contribution in [0, 0.1) is 0 Å². The van der Waals surface area contributed by atoms with Gasteiger partial charge in [0, 0.05) is 17.0 Å². The third-order valence-corrected chi connectivity index (χ3v) is 3.79. The predicted molar refractivity (Wildman–Crippen MR) is 68.5 cm³/mol. The molecule has 0 aliphatic carbocycles. The van der Waals surface area contributed by atoms with E-state index in [1.165, 1.54) is 7.11 Å². The maximum atomic E-state index is 11.7. The maximum absolute atomic E-state index is 11.7. The van der Waals surface area contributed by atoms with E-state index in [0.717, 1.165) is 17.7 Å². The second-order valence-corrected chi connectivity index (χ2v) is 4.79. The Morgan fingerprint density at radius 1 is 1.56 bits per heavy atom. The number of nitrogens with two attached hydrogens (primary N) is 1. The van der Waals surface area contributed by atoms with Gasteiger partial charge in [-0.15, -0.1) is 0 Å². The third kappa shape index (κ3) is 2.08. The fraction of sp³-hybridized carbons (Fsp3) is 0.500. The molecule has 0 aromatic heterocycles. The number of fused-ring (bicyclic) bond motifs is 1. The van der Waals surface area contributed by atoms with Crippen LogP contribution < -0.4 is 10.5 Å². The lowest BCUT2D eigenvalue weighted by Gasteiger charge is -2.41.